The second-order valence-corrected chi connectivity index (χ2v) is 6.68. The Kier molecular flexibility index (Phi) is 3.94. The first-order chi connectivity index (χ1) is 9.24. The fraction of sp³-hybridized carbons (Fsp3) is 0.250. The first kappa shape index (κ1) is 13.2. The Morgan fingerprint density at radius 1 is 1.05 bits per heavy atom. The maximum atomic E-state index is 3.67. The van der Waals surface area contributed by atoms with Crippen molar-refractivity contribution in [2.45, 2.75) is 25.3 Å². The molecule has 1 N–H and O–H groups in total. The van der Waals surface area contributed by atoms with Gasteiger partial charge in [-0.3, -0.25) is 0 Å². The van der Waals surface area contributed by atoms with E-state index in [1.165, 1.54) is 30.4 Å². The Morgan fingerprint density at radius 3 is 2.79 bits per heavy atom. The van der Waals surface area contributed by atoms with Crippen molar-refractivity contribution in [1.82, 2.24) is 0 Å². The minimum Gasteiger partial charge on any atom is -0.377 e. The molecule has 3 heteroatoms. The molecule has 2 aromatic rings. The summed E-state index contributed by atoms with van der Waals surface area (Å²) >= 11 is 7.15. The van der Waals surface area contributed by atoms with E-state index >= 15 is 0 Å². The highest BCUT2D eigenvalue weighted by Crippen LogP contribution is 2.35. The number of hydrogen-bond acceptors (Lipinski definition) is 1. The zero-order valence-electron chi connectivity index (χ0n) is 10.5. The van der Waals surface area contributed by atoms with Crippen LogP contribution in [0.25, 0.3) is 0 Å². The molecule has 1 aliphatic carbocycles. The topological polar surface area (TPSA) is 12.0 Å². The maximum Gasteiger partial charge on any atom is 0.0517 e. The van der Waals surface area contributed by atoms with E-state index in [2.05, 4.69) is 73.6 Å². The molecule has 3 rings (SSSR count). The van der Waals surface area contributed by atoms with E-state index in [1.807, 2.05) is 6.07 Å². The monoisotopic (exact) mass is 379 g/mol. The summed E-state index contributed by atoms with van der Waals surface area (Å²) in [5, 5.41) is 3.67. The zero-order chi connectivity index (χ0) is 13.2. The number of nitrogens with one attached hydrogen (secondary N) is 1. The van der Waals surface area contributed by atoms with Gasteiger partial charge >= 0.3 is 0 Å². The lowest BCUT2D eigenvalue weighted by atomic mass is 9.87. The molecule has 0 heterocycles. The van der Waals surface area contributed by atoms with E-state index in [4.69, 9.17) is 0 Å². The Balaban J connectivity index is 1.90. The molecule has 2 aromatic carbocycles. The third-order valence-corrected chi connectivity index (χ3v) is 4.81. The fourth-order valence-corrected chi connectivity index (χ4v) is 3.42. The molecule has 0 saturated carbocycles. The highest BCUT2D eigenvalue weighted by Gasteiger charge is 2.20. The Hall–Kier alpha value is -0.800. The molecular weight excluding hydrogens is 366 g/mol. The SMILES string of the molecule is Brc1ccc(Br)c(NC2CCCc3ccccc32)c1. The first-order valence-corrected chi connectivity index (χ1v) is 8.12. The number of hydrogen-bond donors (Lipinski definition) is 1. The van der Waals surface area contributed by atoms with Crippen LogP contribution in [0, 0.1) is 0 Å². The highest BCUT2D eigenvalue weighted by molar-refractivity contribution is 9.11. The van der Waals surface area contributed by atoms with Gasteiger partial charge in [-0.05, 0) is 64.5 Å². The van der Waals surface area contributed by atoms with Gasteiger partial charge in [0.25, 0.3) is 0 Å². The summed E-state index contributed by atoms with van der Waals surface area (Å²) in [7, 11) is 0. The second-order valence-electron chi connectivity index (χ2n) is 4.91. The van der Waals surface area contributed by atoms with Crippen molar-refractivity contribution in [3.63, 3.8) is 0 Å². The van der Waals surface area contributed by atoms with Crippen LogP contribution >= 0.6 is 31.9 Å². The highest BCUT2D eigenvalue weighted by atomic mass is 79.9. The van der Waals surface area contributed by atoms with Crippen LogP contribution in [0.15, 0.2) is 51.4 Å². The lowest BCUT2D eigenvalue weighted by Crippen LogP contribution is -2.17. The summed E-state index contributed by atoms with van der Waals surface area (Å²) in [5.41, 5.74) is 4.08. The van der Waals surface area contributed by atoms with Crippen LogP contribution in [0.4, 0.5) is 5.69 Å². The largest absolute Gasteiger partial charge is 0.377 e. The molecule has 0 saturated heterocycles. The molecule has 0 aliphatic heterocycles. The van der Waals surface area contributed by atoms with Crippen LogP contribution < -0.4 is 5.32 Å². The van der Waals surface area contributed by atoms with Crippen molar-refractivity contribution in [3.8, 4) is 0 Å². The van der Waals surface area contributed by atoms with Crippen LogP contribution in [0.1, 0.15) is 30.0 Å². The van der Waals surface area contributed by atoms with Crippen molar-refractivity contribution in [3.05, 3.63) is 62.5 Å². The number of benzene rings is 2. The standard InChI is InChI=1S/C16H15Br2N/c17-12-8-9-14(18)16(10-12)19-15-7-3-5-11-4-1-2-6-13(11)15/h1-2,4,6,8-10,15,19H,3,5,7H2. The Morgan fingerprint density at radius 2 is 1.89 bits per heavy atom. The van der Waals surface area contributed by atoms with Crippen LogP contribution in [-0.4, -0.2) is 0 Å². The molecule has 0 amide bonds. The number of aryl methyl sites for hydroxylation is 1. The van der Waals surface area contributed by atoms with Crippen molar-refractivity contribution in [2.24, 2.45) is 0 Å². The summed E-state index contributed by atoms with van der Waals surface area (Å²) in [6, 6.07) is 15.4. The predicted molar refractivity (Wildman–Crippen MR) is 87.6 cm³/mol. The quantitative estimate of drug-likeness (QED) is 0.704. The van der Waals surface area contributed by atoms with Crippen molar-refractivity contribution in [1.29, 1.82) is 0 Å². The van der Waals surface area contributed by atoms with Gasteiger partial charge in [0.15, 0.2) is 0 Å². The molecule has 98 valence electrons. The molecule has 1 atom stereocenters. The molecule has 0 fully saturated rings. The molecule has 0 radical (unpaired) electrons. The predicted octanol–water partition coefficient (Wildman–Crippen LogP) is 5.70. The van der Waals surface area contributed by atoms with Crippen molar-refractivity contribution >= 4 is 37.5 Å². The molecule has 0 bridgehead atoms. The minimum absolute atomic E-state index is 0.413. The number of fused-ring (bicyclic) bond motifs is 1. The molecule has 1 nitrogen and oxygen atoms in total. The first-order valence-electron chi connectivity index (χ1n) is 6.53. The van der Waals surface area contributed by atoms with Gasteiger partial charge in [-0.1, -0.05) is 40.2 Å². The van der Waals surface area contributed by atoms with Gasteiger partial charge in [0.05, 0.1) is 11.7 Å². The van der Waals surface area contributed by atoms with Crippen molar-refractivity contribution < 1.29 is 0 Å². The van der Waals surface area contributed by atoms with Gasteiger partial charge < -0.3 is 5.32 Å². The van der Waals surface area contributed by atoms with Gasteiger partial charge in [0.2, 0.25) is 0 Å². The van der Waals surface area contributed by atoms with E-state index in [9.17, 15) is 0 Å². The Bertz CT molecular complexity index is 595. The number of rotatable bonds is 2. The second kappa shape index (κ2) is 5.68. The van der Waals surface area contributed by atoms with Crippen LogP contribution in [0.3, 0.4) is 0 Å². The summed E-state index contributed by atoms with van der Waals surface area (Å²) in [4.78, 5) is 0. The van der Waals surface area contributed by atoms with Gasteiger partial charge in [0.1, 0.15) is 0 Å². The lowest BCUT2D eigenvalue weighted by molar-refractivity contribution is 0.600. The Labute approximate surface area is 130 Å². The summed E-state index contributed by atoms with van der Waals surface area (Å²) in [5.74, 6) is 0. The molecule has 0 spiro atoms. The molecule has 19 heavy (non-hydrogen) atoms. The smallest absolute Gasteiger partial charge is 0.0517 e. The normalized spacial score (nSPS) is 17.9. The number of halogens is 2. The molecule has 1 unspecified atom stereocenters. The van der Waals surface area contributed by atoms with Crippen LogP contribution in [-0.2, 0) is 6.42 Å². The lowest BCUT2D eigenvalue weighted by Gasteiger charge is -2.27. The van der Waals surface area contributed by atoms with Gasteiger partial charge in [0, 0.05) is 8.95 Å². The van der Waals surface area contributed by atoms with Crippen molar-refractivity contribution in [2.75, 3.05) is 5.32 Å². The third kappa shape index (κ3) is 2.87. The summed E-state index contributed by atoms with van der Waals surface area (Å²) in [6.07, 6.45) is 3.64. The van der Waals surface area contributed by atoms with Gasteiger partial charge in [-0.2, -0.15) is 0 Å². The molecular formula is C16H15Br2N. The van der Waals surface area contributed by atoms with E-state index in [1.54, 1.807) is 0 Å². The number of anilines is 1. The van der Waals surface area contributed by atoms with E-state index in [0.29, 0.717) is 6.04 Å². The molecule has 0 aromatic heterocycles. The third-order valence-electron chi connectivity index (χ3n) is 3.63. The molecule has 1 aliphatic rings. The van der Waals surface area contributed by atoms with Crippen LogP contribution in [0.5, 0.6) is 0 Å². The van der Waals surface area contributed by atoms with Crippen LogP contribution in [0.2, 0.25) is 0 Å². The van der Waals surface area contributed by atoms with Gasteiger partial charge in [-0.15, -0.1) is 0 Å². The zero-order valence-corrected chi connectivity index (χ0v) is 13.7. The minimum atomic E-state index is 0.413. The van der Waals surface area contributed by atoms with E-state index < -0.39 is 0 Å². The fourth-order valence-electron chi connectivity index (χ4n) is 2.70. The summed E-state index contributed by atoms with van der Waals surface area (Å²) in [6.45, 7) is 0. The van der Waals surface area contributed by atoms with E-state index in [-0.39, 0.29) is 0 Å². The maximum absolute atomic E-state index is 3.67. The van der Waals surface area contributed by atoms with E-state index in [0.717, 1.165) is 14.6 Å². The summed E-state index contributed by atoms with van der Waals surface area (Å²) < 4.78 is 2.21. The average Bonchev–Trinajstić information content (AvgIpc) is 2.43. The van der Waals surface area contributed by atoms with Gasteiger partial charge in [-0.25, -0.2) is 0 Å². The average molecular weight is 381 g/mol.